The van der Waals surface area contributed by atoms with Gasteiger partial charge in [0.2, 0.25) is 0 Å². The van der Waals surface area contributed by atoms with Gasteiger partial charge in [-0.05, 0) is 36.5 Å². The molecule has 0 spiro atoms. The molecule has 0 aliphatic carbocycles. The second kappa shape index (κ2) is 5.25. The average Bonchev–Trinajstić information content (AvgIpc) is 2.33. The topological polar surface area (TPSA) is 38.3 Å². The van der Waals surface area contributed by atoms with Gasteiger partial charge in [0, 0.05) is 5.70 Å². The summed E-state index contributed by atoms with van der Waals surface area (Å²) in [5.41, 5.74) is 2.04. The molecule has 0 saturated carbocycles. The highest BCUT2D eigenvalue weighted by molar-refractivity contribution is 5.83. The van der Waals surface area contributed by atoms with Crippen LogP contribution < -0.4 is 10.1 Å². The molecule has 1 saturated heterocycles. The van der Waals surface area contributed by atoms with E-state index in [1.54, 1.807) is 0 Å². The largest absolute Gasteiger partial charge is 0.481 e. The van der Waals surface area contributed by atoms with Crippen molar-refractivity contribution in [3.63, 3.8) is 0 Å². The Hall–Kier alpha value is -1.77. The van der Waals surface area contributed by atoms with Gasteiger partial charge in [-0.2, -0.15) is 0 Å². The molecule has 0 bridgehead atoms. The van der Waals surface area contributed by atoms with E-state index in [4.69, 9.17) is 4.74 Å². The Morgan fingerprint density at radius 3 is 2.56 bits per heavy atom. The maximum atomic E-state index is 11.7. The van der Waals surface area contributed by atoms with E-state index in [0.29, 0.717) is 12.3 Å². The molecule has 1 amide bonds. The highest BCUT2D eigenvalue weighted by Crippen LogP contribution is 2.22. The maximum absolute atomic E-state index is 11.7. The van der Waals surface area contributed by atoms with Crippen molar-refractivity contribution < 1.29 is 9.53 Å². The number of allylic oxidation sites excluding steroid dienone is 1. The van der Waals surface area contributed by atoms with Gasteiger partial charge in [0.15, 0.2) is 6.10 Å². The Bertz CT molecular complexity index is 448. The van der Waals surface area contributed by atoms with Crippen molar-refractivity contribution in [2.75, 3.05) is 0 Å². The number of carbonyl (C=O) groups excluding carboxylic acids is 1. The number of rotatable bonds is 3. The number of hydrogen-bond donors (Lipinski definition) is 1. The molecular formula is C15H19NO2. The highest BCUT2D eigenvalue weighted by Gasteiger charge is 2.25. The van der Waals surface area contributed by atoms with Crippen molar-refractivity contribution >= 4 is 5.91 Å². The van der Waals surface area contributed by atoms with Gasteiger partial charge in [-0.3, -0.25) is 4.79 Å². The van der Waals surface area contributed by atoms with Gasteiger partial charge in [-0.25, -0.2) is 0 Å². The lowest BCUT2D eigenvalue weighted by atomic mass is 10.0. The molecule has 1 aliphatic rings. The molecule has 1 heterocycles. The second-order valence-electron chi connectivity index (χ2n) is 4.96. The van der Waals surface area contributed by atoms with E-state index in [2.05, 4.69) is 25.7 Å². The third kappa shape index (κ3) is 2.92. The van der Waals surface area contributed by atoms with Crippen LogP contribution in [0.25, 0.3) is 0 Å². The van der Waals surface area contributed by atoms with Crippen molar-refractivity contribution in [2.45, 2.75) is 38.7 Å². The molecule has 3 heteroatoms. The minimum atomic E-state index is -0.402. The lowest BCUT2D eigenvalue weighted by Gasteiger charge is -2.24. The standard InChI is InChI=1S/C15H19NO2/c1-10(2)12-5-7-13(8-6-12)18-14-9-4-11(3)16-15(14)17/h5-8,10,14H,3-4,9H2,1-2H3,(H,16,17). The van der Waals surface area contributed by atoms with Gasteiger partial charge in [0.05, 0.1) is 0 Å². The third-order valence-electron chi connectivity index (χ3n) is 3.13. The van der Waals surface area contributed by atoms with E-state index in [1.165, 1.54) is 5.56 Å². The van der Waals surface area contributed by atoms with Crippen LogP contribution in [-0.4, -0.2) is 12.0 Å². The number of nitrogens with one attached hydrogen (secondary N) is 1. The summed E-state index contributed by atoms with van der Waals surface area (Å²) in [6, 6.07) is 7.93. The molecule has 1 aromatic carbocycles. The smallest absolute Gasteiger partial charge is 0.265 e. The number of amides is 1. The fourth-order valence-corrected chi connectivity index (χ4v) is 1.96. The fourth-order valence-electron chi connectivity index (χ4n) is 1.96. The second-order valence-corrected chi connectivity index (χ2v) is 4.96. The Morgan fingerprint density at radius 2 is 2.00 bits per heavy atom. The van der Waals surface area contributed by atoms with Crippen LogP contribution in [-0.2, 0) is 4.79 Å². The molecule has 0 radical (unpaired) electrons. The van der Waals surface area contributed by atoms with Gasteiger partial charge >= 0.3 is 0 Å². The molecular weight excluding hydrogens is 226 g/mol. The molecule has 18 heavy (non-hydrogen) atoms. The van der Waals surface area contributed by atoms with Gasteiger partial charge in [0.25, 0.3) is 5.91 Å². The lowest BCUT2D eigenvalue weighted by Crippen LogP contribution is -2.41. The molecule has 1 aliphatic heterocycles. The molecule has 1 fully saturated rings. The number of ether oxygens (including phenoxy) is 1. The molecule has 1 atom stereocenters. The summed E-state index contributed by atoms with van der Waals surface area (Å²) in [5.74, 6) is 1.15. The third-order valence-corrected chi connectivity index (χ3v) is 3.13. The normalized spacial score (nSPS) is 19.8. The minimum absolute atomic E-state index is 0.0980. The quantitative estimate of drug-likeness (QED) is 0.889. The SMILES string of the molecule is C=C1CCC(Oc2ccc(C(C)C)cc2)C(=O)N1. The zero-order valence-electron chi connectivity index (χ0n) is 10.9. The predicted octanol–water partition coefficient (Wildman–Crippen LogP) is 2.98. The van der Waals surface area contributed by atoms with E-state index in [1.807, 2.05) is 24.3 Å². The van der Waals surface area contributed by atoms with Crippen LogP contribution >= 0.6 is 0 Å². The zero-order valence-corrected chi connectivity index (χ0v) is 10.9. The molecule has 3 nitrogen and oxygen atoms in total. The minimum Gasteiger partial charge on any atom is -0.481 e. The Kier molecular flexibility index (Phi) is 3.70. The first-order valence-corrected chi connectivity index (χ1v) is 6.31. The Labute approximate surface area is 108 Å². The molecule has 1 aromatic rings. The highest BCUT2D eigenvalue weighted by atomic mass is 16.5. The summed E-state index contributed by atoms with van der Waals surface area (Å²) in [5, 5.41) is 2.72. The molecule has 1 unspecified atom stereocenters. The average molecular weight is 245 g/mol. The summed E-state index contributed by atoms with van der Waals surface area (Å²) in [6.45, 7) is 8.05. The summed E-state index contributed by atoms with van der Waals surface area (Å²) in [7, 11) is 0. The molecule has 0 aromatic heterocycles. The summed E-state index contributed by atoms with van der Waals surface area (Å²) in [6.07, 6.45) is 1.07. The van der Waals surface area contributed by atoms with Crippen molar-refractivity contribution in [1.82, 2.24) is 5.32 Å². The zero-order chi connectivity index (χ0) is 13.1. The van der Waals surface area contributed by atoms with Gasteiger partial charge in [0.1, 0.15) is 5.75 Å². The van der Waals surface area contributed by atoms with Gasteiger partial charge < -0.3 is 10.1 Å². The van der Waals surface area contributed by atoms with E-state index in [9.17, 15) is 4.79 Å². The van der Waals surface area contributed by atoms with Crippen LogP contribution in [0.15, 0.2) is 36.5 Å². The first-order valence-electron chi connectivity index (χ1n) is 6.31. The van der Waals surface area contributed by atoms with Gasteiger partial charge in [-0.1, -0.05) is 32.6 Å². The monoisotopic (exact) mass is 245 g/mol. The number of piperidine rings is 1. The number of benzene rings is 1. The van der Waals surface area contributed by atoms with Crippen LogP contribution in [0.5, 0.6) is 5.75 Å². The fraction of sp³-hybridized carbons (Fsp3) is 0.400. The predicted molar refractivity (Wildman–Crippen MR) is 71.5 cm³/mol. The first kappa shape index (κ1) is 12.7. The van der Waals surface area contributed by atoms with Crippen LogP contribution in [0, 0.1) is 0 Å². The van der Waals surface area contributed by atoms with Gasteiger partial charge in [-0.15, -0.1) is 0 Å². The van der Waals surface area contributed by atoms with E-state index < -0.39 is 6.10 Å². The van der Waals surface area contributed by atoms with Crippen molar-refractivity contribution in [2.24, 2.45) is 0 Å². The van der Waals surface area contributed by atoms with Crippen LogP contribution in [0.3, 0.4) is 0 Å². The van der Waals surface area contributed by atoms with Crippen LogP contribution in [0.4, 0.5) is 0 Å². The van der Waals surface area contributed by atoms with Crippen molar-refractivity contribution in [1.29, 1.82) is 0 Å². The molecule has 2 rings (SSSR count). The van der Waals surface area contributed by atoms with E-state index >= 15 is 0 Å². The summed E-state index contributed by atoms with van der Waals surface area (Å²) < 4.78 is 5.70. The summed E-state index contributed by atoms with van der Waals surface area (Å²) in [4.78, 5) is 11.7. The van der Waals surface area contributed by atoms with Crippen LogP contribution in [0.1, 0.15) is 38.2 Å². The number of hydrogen-bond acceptors (Lipinski definition) is 2. The van der Waals surface area contributed by atoms with Crippen molar-refractivity contribution in [3.05, 3.63) is 42.1 Å². The lowest BCUT2D eigenvalue weighted by molar-refractivity contribution is -0.128. The number of carbonyl (C=O) groups is 1. The maximum Gasteiger partial charge on any atom is 0.265 e. The molecule has 1 N–H and O–H groups in total. The summed E-state index contributed by atoms with van der Waals surface area (Å²) >= 11 is 0. The first-order chi connectivity index (χ1) is 8.56. The Morgan fingerprint density at radius 1 is 1.33 bits per heavy atom. The Balaban J connectivity index is 2.01. The van der Waals surface area contributed by atoms with Crippen LogP contribution in [0.2, 0.25) is 0 Å². The van der Waals surface area contributed by atoms with Crippen molar-refractivity contribution in [3.8, 4) is 5.75 Å². The van der Waals surface area contributed by atoms with E-state index in [-0.39, 0.29) is 5.91 Å². The molecule has 96 valence electrons. The van der Waals surface area contributed by atoms with E-state index in [0.717, 1.165) is 17.9 Å².